The molecule has 0 N–H and O–H groups in total. The van der Waals surface area contributed by atoms with E-state index in [0.717, 1.165) is 49.0 Å². The normalized spacial score (nSPS) is 15.9. The molecule has 3 aromatic rings. The van der Waals surface area contributed by atoms with Crippen molar-refractivity contribution in [3.63, 3.8) is 0 Å². The standard InChI is InChI=1S/C18H21FN6/c1-13-10-18(25-17(21-13)9-14(2)22-25)24-7-5-23(6-8-24)12-15-3-4-20-11-16(15)19/h3-4,9-11H,5-8,12H2,1-2H3. The first kappa shape index (κ1) is 16.0. The van der Waals surface area contributed by atoms with Gasteiger partial charge >= 0.3 is 0 Å². The molecule has 1 saturated heterocycles. The Morgan fingerprint density at radius 2 is 1.88 bits per heavy atom. The van der Waals surface area contributed by atoms with Crippen LogP contribution in [0.25, 0.3) is 5.65 Å². The van der Waals surface area contributed by atoms with E-state index in [1.165, 1.54) is 6.20 Å². The fourth-order valence-electron chi connectivity index (χ4n) is 3.33. The smallest absolute Gasteiger partial charge is 0.157 e. The maximum absolute atomic E-state index is 13.8. The van der Waals surface area contributed by atoms with Gasteiger partial charge < -0.3 is 4.90 Å². The van der Waals surface area contributed by atoms with E-state index in [9.17, 15) is 4.39 Å². The average Bonchev–Trinajstić information content (AvgIpc) is 2.97. The zero-order valence-electron chi connectivity index (χ0n) is 14.5. The van der Waals surface area contributed by atoms with E-state index in [1.807, 2.05) is 24.4 Å². The molecule has 1 aliphatic heterocycles. The number of hydrogen-bond donors (Lipinski definition) is 0. The van der Waals surface area contributed by atoms with Gasteiger partial charge in [0, 0.05) is 62.3 Å². The molecule has 0 aliphatic carbocycles. The highest BCUT2D eigenvalue weighted by molar-refractivity contribution is 5.52. The van der Waals surface area contributed by atoms with Gasteiger partial charge in [-0.15, -0.1) is 0 Å². The Morgan fingerprint density at radius 3 is 2.64 bits per heavy atom. The first-order valence-corrected chi connectivity index (χ1v) is 8.50. The van der Waals surface area contributed by atoms with Crippen LogP contribution in [0.2, 0.25) is 0 Å². The van der Waals surface area contributed by atoms with Crippen LogP contribution in [0.3, 0.4) is 0 Å². The molecule has 1 fully saturated rings. The lowest BCUT2D eigenvalue weighted by Crippen LogP contribution is -2.46. The van der Waals surface area contributed by atoms with Gasteiger partial charge in [0.1, 0.15) is 11.6 Å². The van der Waals surface area contributed by atoms with E-state index in [0.29, 0.717) is 12.1 Å². The Balaban J connectivity index is 1.50. The second kappa shape index (κ2) is 6.40. The van der Waals surface area contributed by atoms with E-state index >= 15 is 0 Å². The van der Waals surface area contributed by atoms with Crippen LogP contribution in [0.4, 0.5) is 10.2 Å². The number of fused-ring (bicyclic) bond motifs is 1. The Morgan fingerprint density at radius 1 is 1.08 bits per heavy atom. The predicted octanol–water partition coefficient (Wildman–Crippen LogP) is 2.20. The minimum absolute atomic E-state index is 0.233. The molecule has 0 spiro atoms. The molecule has 4 heterocycles. The molecular weight excluding hydrogens is 319 g/mol. The summed E-state index contributed by atoms with van der Waals surface area (Å²) in [5.74, 6) is 0.841. The van der Waals surface area contributed by atoms with Gasteiger partial charge in [-0.2, -0.15) is 9.61 Å². The zero-order chi connectivity index (χ0) is 17.4. The molecule has 0 saturated carbocycles. The Hall–Kier alpha value is -2.54. The molecule has 0 amide bonds. The monoisotopic (exact) mass is 340 g/mol. The molecule has 7 heteroatoms. The van der Waals surface area contributed by atoms with Gasteiger partial charge in [-0.1, -0.05) is 0 Å². The highest BCUT2D eigenvalue weighted by Gasteiger charge is 2.21. The third-order valence-electron chi connectivity index (χ3n) is 4.61. The molecular formula is C18H21FN6. The number of hydrogen-bond acceptors (Lipinski definition) is 5. The summed E-state index contributed by atoms with van der Waals surface area (Å²) in [5.41, 5.74) is 3.54. The van der Waals surface area contributed by atoms with Gasteiger partial charge in [0.05, 0.1) is 11.9 Å². The van der Waals surface area contributed by atoms with Gasteiger partial charge in [0.2, 0.25) is 0 Å². The average molecular weight is 340 g/mol. The fourth-order valence-corrected chi connectivity index (χ4v) is 3.33. The Labute approximate surface area is 145 Å². The van der Waals surface area contributed by atoms with Crippen molar-refractivity contribution in [2.45, 2.75) is 20.4 Å². The van der Waals surface area contributed by atoms with Crippen molar-refractivity contribution in [1.29, 1.82) is 0 Å². The van der Waals surface area contributed by atoms with Crippen LogP contribution in [-0.2, 0) is 6.54 Å². The minimum atomic E-state index is -0.233. The van der Waals surface area contributed by atoms with Gasteiger partial charge in [-0.3, -0.25) is 9.88 Å². The van der Waals surface area contributed by atoms with Crippen LogP contribution < -0.4 is 4.90 Å². The third kappa shape index (κ3) is 3.19. The maximum Gasteiger partial charge on any atom is 0.157 e. The molecule has 1 aliphatic rings. The molecule has 0 atom stereocenters. The lowest BCUT2D eigenvalue weighted by molar-refractivity contribution is 0.245. The molecule has 25 heavy (non-hydrogen) atoms. The van der Waals surface area contributed by atoms with Crippen LogP contribution in [0.5, 0.6) is 0 Å². The second-order valence-electron chi connectivity index (χ2n) is 6.54. The van der Waals surface area contributed by atoms with Crippen molar-refractivity contribution >= 4 is 11.5 Å². The molecule has 4 rings (SSSR count). The van der Waals surface area contributed by atoms with E-state index in [2.05, 4.69) is 30.9 Å². The van der Waals surface area contributed by atoms with Crippen molar-refractivity contribution < 1.29 is 4.39 Å². The van der Waals surface area contributed by atoms with Crippen LogP contribution in [0.15, 0.2) is 30.6 Å². The van der Waals surface area contributed by atoms with E-state index in [-0.39, 0.29) is 5.82 Å². The predicted molar refractivity (Wildman–Crippen MR) is 94.1 cm³/mol. The zero-order valence-corrected chi connectivity index (χ0v) is 14.5. The number of aromatic nitrogens is 4. The molecule has 0 unspecified atom stereocenters. The van der Waals surface area contributed by atoms with Gasteiger partial charge in [-0.25, -0.2) is 9.37 Å². The van der Waals surface area contributed by atoms with Crippen molar-refractivity contribution in [3.05, 3.63) is 53.4 Å². The highest BCUT2D eigenvalue weighted by Crippen LogP contribution is 2.20. The lowest BCUT2D eigenvalue weighted by atomic mass is 10.2. The van der Waals surface area contributed by atoms with Crippen LogP contribution in [0.1, 0.15) is 17.0 Å². The van der Waals surface area contributed by atoms with Crippen molar-refractivity contribution in [3.8, 4) is 0 Å². The lowest BCUT2D eigenvalue weighted by Gasteiger charge is -2.36. The summed E-state index contributed by atoms with van der Waals surface area (Å²) in [4.78, 5) is 13.0. The van der Waals surface area contributed by atoms with Crippen LogP contribution in [-0.4, -0.2) is 50.7 Å². The largest absolute Gasteiger partial charge is 0.354 e. The molecule has 3 aromatic heterocycles. The summed E-state index contributed by atoms with van der Waals surface area (Å²) in [6, 6.07) is 5.83. The number of aryl methyl sites for hydroxylation is 2. The summed E-state index contributed by atoms with van der Waals surface area (Å²) in [6.07, 6.45) is 2.92. The maximum atomic E-state index is 13.8. The van der Waals surface area contributed by atoms with Crippen molar-refractivity contribution in [2.24, 2.45) is 0 Å². The molecule has 130 valence electrons. The van der Waals surface area contributed by atoms with E-state index in [1.54, 1.807) is 12.3 Å². The molecule has 0 aromatic carbocycles. The summed E-state index contributed by atoms with van der Waals surface area (Å²) in [6.45, 7) is 8.13. The van der Waals surface area contributed by atoms with Gasteiger partial charge in [0.25, 0.3) is 0 Å². The van der Waals surface area contributed by atoms with E-state index < -0.39 is 0 Å². The van der Waals surface area contributed by atoms with Crippen molar-refractivity contribution in [1.82, 2.24) is 24.5 Å². The van der Waals surface area contributed by atoms with Gasteiger partial charge in [-0.05, 0) is 19.9 Å². The fraction of sp³-hybridized carbons (Fsp3) is 0.389. The topological polar surface area (TPSA) is 49.6 Å². The van der Waals surface area contributed by atoms with Crippen LogP contribution in [0, 0.1) is 19.7 Å². The number of piperazine rings is 1. The summed E-state index contributed by atoms with van der Waals surface area (Å²) in [7, 11) is 0. The number of rotatable bonds is 3. The summed E-state index contributed by atoms with van der Waals surface area (Å²) in [5, 5.41) is 4.57. The second-order valence-corrected chi connectivity index (χ2v) is 6.54. The number of pyridine rings is 1. The number of anilines is 1. The van der Waals surface area contributed by atoms with Crippen LogP contribution >= 0.6 is 0 Å². The molecule has 0 bridgehead atoms. The van der Waals surface area contributed by atoms with Crippen molar-refractivity contribution in [2.75, 3.05) is 31.1 Å². The quantitative estimate of drug-likeness (QED) is 0.732. The molecule has 0 radical (unpaired) electrons. The Kier molecular flexibility index (Phi) is 4.09. The third-order valence-corrected chi connectivity index (χ3v) is 4.61. The minimum Gasteiger partial charge on any atom is -0.354 e. The summed E-state index contributed by atoms with van der Waals surface area (Å²) < 4.78 is 15.7. The SMILES string of the molecule is Cc1cc(N2CCN(Cc3ccncc3F)CC2)n2nc(C)cc2n1. The number of halogens is 1. The highest BCUT2D eigenvalue weighted by atomic mass is 19.1. The number of nitrogens with zero attached hydrogens (tertiary/aromatic N) is 6. The first-order chi connectivity index (χ1) is 12.1. The first-order valence-electron chi connectivity index (χ1n) is 8.50. The molecule has 6 nitrogen and oxygen atoms in total. The van der Waals surface area contributed by atoms with Gasteiger partial charge in [0.15, 0.2) is 5.65 Å². The van der Waals surface area contributed by atoms with E-state index in [4.69, 9.17) is 0 Å². The summed E-state index contributed by atoms with van der Waals surface area (Å²) >= 11 is 0. The Bertz CT molecular complexity index is 898.